The fourth-order valence-corrected chi connectivity index (χ4v) is 3.66. The Hall–Kier alpha value is -2.46. The van der Waals surface area contributed by atoms with E-state index < -0.39 is 6.10 Å². The normalized spacial score (nSPS) is 18.1. The third kappa shape index (κ3) is 5.82. The number of nitrogens with zero attached hydrogens (tertiary/aromatic N) is 4. The molecule has 2 N–H and O–H groups in total. The summed E-state index contributed by atoms with van der Waals surface area (Å²) in [5, 5.41) is 12.9. The van der Waals surface area contributed by atoms with Crippen LogP contribution < -0.4 is 19.9 Å². The van der Waals surface area contributed by atoms with Crippen LogP contribution in [-0.2, 0) is 9.47 Å². The van der Waals surface area contributed by atoms with Gasteiger partial charge in [-0.05, 0) is 19.2 Å². The van der Waals surface area contributed by atoms with Crippen LogP contribution in [0.2, 0.25) is 0 Å². The van der Waals surface area contributed by atoms with Crippen molar-refractivity contribution in [2.45, 2.75) is 6.10 Å². The molecule has 0 radical (unpaired) electrons. The van der Waals surface area contributed by atoms with Gasteiger partial charge in [-0.1, -0.05) is 12.1 Å². The Bertz CT molecular complexity index is 804. The second kappa shape index (κ2) is 10.7. The predicted molar refractivity (Wildman–Crippen MR) is 119 cm³/mol. The first-order valence-corrected chi connectivity index (χ1v) is 10.8. The van der Waals surface area contributed by atoms with E-state index in [-0.39, 0.29) is 6.61 Å². The molecular formula is C22H31N5O4. The van der Waals surface area contributed by atoms with Crippen molar-refractivity contribution >= 4 is 11.8 Å². The Morgan fingerprint density at radius 2 is 1.74 bits per heavy atom. The molecule has 168 valence electrons. The van der Waals surface area contributed by atoms with Crippen molar-refractivity contribution in [3.05, 3.63) is 30.3 Å². The highest BCUT2D eigenvalue weighted by atomic mass is 16.5. The molecule has 9 heteroatoms. The van der Waals surface area contributed by atoms with Crippen LogP contribution in [0, 0.1) is 0 Å². The lowest BCUT2D eigenvalue weighted by Crippen LogP contribution is -2.39. The van der Waals surface area contributed by atoms with E-state index in [4.69, 9.17) is 24.2 Å². The molecule has 9 nitrogen and oxygen atoms in total. The molecule has 1 atom stereocenters. The van der Waals surface area contributed by atoms with Crippen molar-refractivity contribution in [2.24, 2.45) is 0 Å². The fourth-order valence-electron chi connectivity index (χ4n) is 3.66. The minimum atomic E-state index is -0.562. The quantitative estimate of drug-likeness (QED) is 0.631. The molecule has 0 bridgehead atoms. The number of aliphatic hydroxyl groups is 1. The number of hydrogen-bond acceptors (Lipinski definition) is 9. The Kier molecular flexibility index (Phi) is 7.52. The molecule has 2 saturated heterocycles. The number of ether oxygens (including phenoxy) is 3. The number of morpholine rings is 2. The van der Waals surface area contributed by atoms with Crippen molar-refractivity contribution in [2.75, 3.05) is 82.6 Å². The van der Waals surface area contributed by atoms with Crippen LogP contribution in [0.5, 0.6) is 5.75 Å². The highest BCUT2D eigenvalue weighted by Gasteiger charge is 2.20. The van der Waals surface area contributed by atoms with E-state index in [1.165, 1.54) is 0 Å². The summed E-state index contributed by atoms with van der Waals surface area (Å²) in [6.07, 6.45) is -0.562. The number of likely N-dealkylation sites (N-methyl/N-ethyl adjacent to an activating group) is 1. The fraction of sp³-hybridized carbons (Fsp3) is 0.545. The van der Waals surface area contributed by atoms with Gasteiger partial charge in [-0.25, -0.2) is 4.98 Å². The van der Waals surface area contributed by atoms with Crippen molar-refractivity contribution in [3.63, 3.8) is 0 Å². The van der Waals surface area contributed by atoms with Gasteiger partial charge in [0, 0.05) is 44.4 Å². The SMILES string of the molecule is CNCC(O)COc1cccc(-c2cc(N3CCOCC3)nc(N3CCOCC3)n2)c1. The molecule has 2 fully saturated rings. The van der Waals surface area contributed by atoms with Crippen molar-refractivity contribution < 1.29 is 19.3 Å². The smallest absolute Gasteiger partial charge is 0.228 e. The summed E-state index contributed by atoms with van der Waals surface area (Å²) in [6.45, 7) is 6.64. The van der Waals surface area contributed by atoms with Gasteiger partial charge >= 0.3 is 0 Å². The van der Waals surface area contributed by atoms with Gasteiger partial charge < -0.3 is 34.4 Å². The van der Waals surface area contributed by atoms with Gasteiger partial charge in [0.2, 0.25) is 5.95 Å². The maximum atomic E-state index is 9.92. The number of aliphatic hydroxyl groups excluding tert-OH is 1. The number of aromatic nitrogens is 2. The summed E-state index contributed by atoms with van der Waals surface area (Å²) in [4.78, 5) is 14.2. The molecule has 4 rings (SSSR count). The zero-order valence-electron chi connectivity index (χ0n) is 18.0. The second-order valence-corrected chi connectivity index (χ2v) is 7.66. The molecule has 2 aliphatic rings. The lowest BCUT2D eigenvalue weighted by Gasteiger charge is -2.31. The van der Waals surface area contributed by atoms with Gasteiger partial charge in [0.25, 0.3) is 0 Å². The average molecular weight is 430 g/mol. The van der Waals surface area contributed by atoms with Gasteiger partial charge in [-0.2, -0.15) is 4.98 Å². The molecule has 0 amide bonds. The summed E-state index contributed by atoms with van der Waals surface area (Å²) in [5.74, 6) is 2.33. The zero-order valence-corrected chi connectivity index (χ0v) is 18.0. The van der Waals surface area contributed by atoms with Crippen LogP contribution in [0.4, 0.5) is 11.8 Å². The lowest BCUT2D eigenvalue weighted by atomic mass is 10.1. The van der Waals surface area contributed by atoms with Gasteiger partial charge in [-0.3, -0.25) is 0 Å². The van der Waals surface area contributed by atoms with Crippen LogP contribution in [-0.4, -0.2) is 94.0 Å². The molecule has 2 aliphatic heterocycles. The van der Waals surface area contributed by atoms with E-state index in [9.17, 15) is 5.11 Å². The summed E-state index contributed by atoms with van der Waals surface area (Å²) < 4.78 is 16.8. The minimum Gasteiger partial charge on any atom is -0.491 e. The first-order valence-electron chi connectivity index (χ1n) is 10.8. The molecule has 1 aromatic heterocycles. The van der Waals surface area contributed by atoms with Gasteiger partial charge in [0.05, 0.1) is 32.1 Å². The summed E-state index contributed by atoms with van der Waals surface area (Å²) >= 11 is 0. The Morgan fingerprint density at radius 1 is 1.03 bits per heavy atom. The standard InChI is InChI=1S/C22H31N5O4/c1-23-15-18(28)16-31-19-4-2-3-17(13-19)20-14-21(26-5-9-29-10-6-26)25-22(24-20)27-7-11-30-12-8-27/h2-4,13-14,18,23,28H,5-12,15-16H2,1H3. The van der Waals surface area contributed by atoms with E-state index in [1.54, 1.807) is 7.05 Å². The van der Waals surface area contributed by atoms with Crippen molar-refractivity contribution in [3.8, 4) is 17.0 Å². The lowest BCUT2D eigenvalue weighted by molar-refractivity contribution is 0.108. The van der Waals surface area contributed by atoms with Crippen molar-refractivity contribution in [1.82, 2.24) is 15.3 Å². The molecule has 1 aromatic carbocycles. The van der Waals surface area contributed by atoms with Crippen LogP contribution in [0.1, 0.15) is 0 Å². The third-order valence-corrected chi connectivity index (χ3v) is 5.34. The summed E-state index contributed by atoms with van der Waals surface area (Å²) in [5.41, 5.74) is 1.80. The van der Waals surface area contributed by atoms with Crippen LogP contribution in [0.25, 0.3) is 11.3 Å². The number of hydrogen-bond donors (Lipinski definition) is 2. The number of anilines is 2. The number of benzene rings is 1. The highest BCUT2D eigenvalue weighted by molar-refractivity contribution is 5.66. The molecule has 2 aromatic rings. The average Bonchev–Trinajstić information content (AvgIpc) is 2.84. The summed E-state index contributed by atoms with van der Waals surface area (Å²) in [6, 6.07) is 9.85. The maximum absolute atomic E-state index is 9.92. The first kappa shape index (κ1) is 21.8. The van der Waals surface area contributed by atoms with E-state index in [0.717, 1.165) is 49.2 Å². The van der Waals surface area contributed by atoms with E-state index in [1.807, 2.05) is 30.3 Å². The minimum absolute atomic E-state index is 0.228. The zero-order chi connectivity index (χ0) is 21.5. The molecule has 1 unspecified atom stereocenters. The monoisotopic (exact) mass is 429 g/mol. The van der Waals surface area contributed by atoms with Crippen LogP contribution in [0.15, 0.2) is 30.3 Å². The van der Waals surface area contributed by atoms with Crippen LogP contribution in [0.3, 0.4) is 0 Å². The number of nitrogens with one attached hydrogen (secondary N) is 1. The van der Waals surface area contributed by atoms with Gasteiger partial charge in [0.15, 0.2) is 0 Å². The number of rotatable bonds is 8. The largest absolute Gasteiger partial charge is 0.491 e. The molecular weight excluding hydrogens is 398 g/mol. The van der Waals surface area contributed by atoms with Crippen LogP contribution >= 0.6 is 0 Å². The Labute approximate surface area is 182 Å². The molecule has 31 heavy (non-hydrogen) atoms. The van der Waals surface area contributed by atoms with Crippen molar-refractivity contribution in [1.29, 1.82) is 0 Å². The summed E-state index contributed by atoms with van der Waals surface area (Å²) in [7, 11) is 1.80. The van der Waals surface area contributed by atoms with Gasteiger partial charge in [-0.15, -0.1) is 0 Å². The van der Waals surface area contributed by atoms with E-state index in [0.29, 0.717) is 38.7 Å². The Morgan fingerprint density at radius 3 is 2.45 bits per heavy atom. The highest BCUT2D eigenvalue weighted by Crippen LogP contribution is 2.28. The molecule has 3 heterocycles. The third-order valence-electron chi connectivity index (χ3n) is 5.34. The maximum Gasteiger partial charge on any atom is 0.228 e. The van der Waals surface area contributed by atoms with E-state index in [2.05, 4.69) is 15.1 Å². The second-order valence-electron chi connectivity index (χ2n) is 7.66. The molecule has 0 saturated carbocycles. The topological polar surface area (TPSA) is 92.2 Å². The molecule has 0 spiro atoms. The first-order chi connectivity index (χ1) is 15.2. The predicted octanol–water partition coefficient (Wildman–Crippen LogP) is 0.776. The van der Waals surface area contributed by atoms with E-state index >= 15 is 0 Å². The van der Waals surface area contributed by atoms with Gasteiger partial charge in [0.1, 0.15) is 24.3 Å². The Balaban J connectivity index is 1.60. The molecule has 0 aliphatic carbocycles.